The number of hydrogen-bond donors (Lipinski definition) is 1. The number of hydrogen-bond acceptors (Lipinski definition) is 3. The smallest absolute Gasteiger partial charge is 0.270 e. The molecule has 3 aromatic rings. The number of benzene rings is 1. The largest absolute Gasteiger partial charge is 0.344 e. The molecule has 0 aliphatic carbocycles. The van der Waals surface area contributed by atoms with Gasteiger partial charge in [-0.15, -0.1) is 0 Å². The van der Waals surface area contributed by atoms with Crippen LogP contribution in [0.5, 0.6) is 0 Å². The van der Waals surface area contributed by atoms with Crippen LogP contribution in [0.4, 0.5) is 0 Å². The molecule has 0 bridgehead atoms. The molecule has 0 aliphatic heterocycles. The van der Waals surface area contributed by atoms with Gasteiger partial charge in [0.1, 0.15) is 5.69 Å². The van der Waals surface area contributed by atoms with Gasteiger partial charge >= 0.3 is 0 Å². The molecule has 3 rings (SSSR count). The average molecular weight is 336 g/mol. The van der Waals surface area contributed by atoms with E-state index in [1.54, 1.807) is 10.6 Å². The standard InChI is InChI=1S/C20H24N4O/c1-13-11-16(19(25)21-14(2)15-9-7-6-8-10-15)22-18-12-17(20(3,4)5)23-24(13)18/h6-12,14H,1-5H3,(H,21,25). The Hall–Kier alpha value is -2.69. The highest BCUT2D eigenvalue weighted by molar-refractivity contribution is 5.93. The molecule has 25 heavy (non-hydrogen) atoms. The van der Waals surface area contributed by atoms with Crippen LogP contribution in [0.2, 0.25) is 0 Å². The minimum atomic E-state index is -0.180. The van der Waals surface area contributed by atoms with Crippen molar-refractivity contribution in [1.82, 2.24) is 19.9 Å². The Morgan fingerprint density at radius 1 is 1.16 bits per heavy atom. The summed E-state index contributed by atoms with van der Waals surface area (Å²) in [6, 6.07) is 13.5. The SMILES string of the molecule is Cc1cc(C(=O)NC(C)c2ccccc2)nc2cc(C(C)(C)C)nn12. The van der Waals surface area contributed by atoms with Gasteiger partial charge in [0.25, 0.3) is 5.91 Å². The van der Waals surface area contributed by atoms with E-state index in [1.807, 2.05) is 50.2 Å². The van der Waals surface area contributed by atoms with Gasteiger partial charge in [-0.25, -0.2) is 9.50 Å². The summed E-state index contributed by atoms with van der Waals surface area (Å²) in [6.45, 7) is 10.2. The minimum Gasteiger partial charge on any atom is -0.344 e. The lowest BCUT2D eigenvalue weighted by atomic mass is 9.93. The normalized spacial score (nSPS) is 13.0. The zero-order valence-electron chi connectivity index (χ0n) is 15.4. The van der Waals surface area contributed by atoms with Gasteiger partial charge in [0, 0.05) is 17.2 Å². The maximum absolute atomic E-state index is 12.6. The van der Waals surface area contributed by atoms with E-state index in [0.717, 1.165) is 17.0 Å². The van der Waals surface area contributed by atoms with Crippen molar-refractivity contribution in [1.29, 1.82) is 0 Å². The molecule has 2 aromatic heterocycles. The summed E-state index contributed by atoms with van der Waals surface area (Å²) in [5.41, 5.74) is 3.95. The second-order valence-corrected chi connectivity index (χ2v) is 7.44. The monoisotopic (exact) mass is 336 g/mol. The van der Waals surface area contributed by atoms with Gasteiger partial charge in [-0.2, -0.15) is 5.10 Å². The minimum absolute atomic E-state index is 0.0651. The van der Waals surface area contributed by atoms with Crippen LogP contribution in [0.3, 0.4) is 0 Å². The number of rotatable bonds is 3. The van der Waals surface area contributed by atoms with E-state index in [0.29, 0.717) is 11.3 Å². The van der Waals surface area contributed by atoms with Gasteiger partial charge in [-0.1, -0.05) is 51.1 Å². The third-order valence-corrected chi connectivity index (χ3v) is 4.25. The van der Waals surface area contributed by atoms with E-state index in [9.17, 15) is 4.79 Å². The van der Waals surface area contributed by atoms with Crippen LogP contribution in [0, 0.1) is 6.92 Å². The molecular formula is C20H24N4O. The molecule has 0 spiro atoms. The van der Waals surface area contributed by atoms with E-state index in [4.69, 9.17) is 0 Å². The summed E-state index contributed by atoms with van der Waals surface area (Å²) in [5.74, 6) is -0.180. The molecule has 1 unspecified atom stereocenters. The second-order valence-electron chi connectivity index (χ2n) is 7.44. The molecule has 0 radical (unpaired) electrons. The molecule has 0 aliphatic rings. The van der Waals surface area contributed by atoms with E-state index in [1.165, 1.54) is 0 Å². The first-order chi connectivity index (χ1) is 11.8. The molecule has 1 amide bonds. The van der Waals surface area contributed by atoms with Crippen molar-refractivity contribution in [2.75, 3.05) is 0 Å². The van der Waals surface area contributed by atoms with Crippen molar-refractivity contribution in [2.45, 2.75) is 46.1 Å². The third-order valence-electron chi connectivity index (χ3n) is 4.25. The van der Waals surface area contributed by atoms with E-state index in [-0.39, 0.29) is 17.4 Å². The molecule has 0 fully saturated rings. The lowest BCUT2D eigenvalue weighted by Crippen LogP contribution is -2.27. The quantitative estimate of drug-likeness (QED) is 0.791. The predicted octanol–water partition coefficient (Wildman–Crippen LogP) is 3.83. The number of carbonyl (C=O) groups excluding carboxylic acids is 1. The first-order valence-corrected chi connectivity index (χ1v) is 8.49. The second kappa shape index (κ2) is 6.31. The van der Waals surface area contributed by atoms with Gasteiger partial charge in [0.2, 0.25) is 0 Å². The molecule has 1 aromatic carbocycles. The summed E-state index contributed by atoms with van der Waals surface area (Å²) in [5, 5.41) is 7.63. The molecule has 0 saturated carbocycles. The van der Waals surface area contributed by atoms with Gasteiger partial charge in [0.15, 0.2) is 5.65 Å². The fraction of sp³-hybridized carbons (Fsp3) is 0.350. The topological polar surface area (TPSA) is 59.3 Å². The van der Waals surface area contributed by atoms with E-state index < -0.39 is 0 Å². The highest BCUT2D eigenvalue weighted by atomic mass is 16.1. The highest BCUT2D eigenvalue weighted by Crippen LogP contribution is 2.22. The maximum atomic E-state index is 12.6. The Labute approximate surface area is 148 Å². The molecule has 130 valence electrons. The number of aromatic nitrogens is 3. The van der Waals surface area contributed by atoms with E-state index in [2.05, 4.69) is 36.2 Å². The summed E-state index contributed by atoms with van der Waals surface area (Å²) in [4.78, 5) is 17.1. The Morgan fingerprint density at radius 3 is 2.48 bits per heavy atom. The van der Waals surface area contributed by atoms with Crippen LogP contribution >= 0.6 is 0 Å². The fourth-order valence-corrected chi connectivity index (χ4v) is 2.70. The summed E-state index contributed by atoms with van der Waals surface area (Å²) in [7, 11) is 0. The lowest BCUT2D eigenvalue weighted by Gasteiger charge is -2.14. The van der Waals surface area contributed by atoms with Gasteiger partial charge < -0.3 is 5.32 Å². The number of aryl methyl sites for hydroxylation is 1. The molecule has 0 saturated heterocycles. The van der Waals surface area contributed by atoms with Crippen LogP contribution in [-0.4, -0.2) is 20.5 Å². The van der Waals surface area contributed by atoms with Crippen molar-refractivity contribution in [3.05, 3.63) is 65.1 Å². The van der Waals surface area contributed by atoms with E-state index >= 15 is 0 Å². The summed E-state index contributed by atoms with van der Waals surface area (Å²) < 4.78 is 1.79. The van der Waals surface area contributed by atoms with Crippen LogP contribution < -0.4 is 5.32 Å². The third kappa shape index (κ3) is 3.55. The Morgan fingerprint density at radius 2 is 1.84 bits per heavy atom. The zero-order chi connectivity index (χ0) is 18.2. The van der Waals surface area contributed by atoms with Crippen LogP contribution in [0.15, 0.2) is 42.5 Å². The zero-order valence-corrected chi connectivity index (χ0v) is 15.4. The molecule has 1 atom stereocenters. The molecule has 5 heteroatoms. The van der Waals surface area contributed by atoms with Crippen molar-refractivity contribution in [2.24, 2.45) is 0 Å². The molecular weight excluding hydrogens is 312 g/mol. The predicted molar refractivity (Wildman–Crippen MR) is 98.7 cm³/mol. The Bertz CT molecular complexity index is 907. The van der Waals surface area contributed by atoms with Crippen LogP contribution in [0.1, 0.15) is 61.2 Å². The maximum Gasteiger partial charge on any atom is 0.270 e. The van der Waals surface area contributed by atoms with Gasteiger partial charge in [-0.05, 0) is 25.5 Å². The van der Waals surface area contributed by atoms with Crippen molar-refractivity contribution in [3.8, 4) is 0 Å². The van der Waals surface area contributed by atoms with Gasteiger partial charge in [0.05, 0.1) is 11.7 Å². The highest BCUT2D eigenvalue weighted by Gasteiger charge is 2.20. The first kappa shape index (κ1) is 17.1. The lowest BCUT2D eigenvalue weighted by molar-refractivity contribution is 0.0935. The average Bonchev–Trinajstić information content (AvgIpc) is 3.00. The number of carbonyl (C=O) groups is 1. The Kier molecular flexibility index (Phi) is 4.33. The van der Waals surface area contributed by atoms with Crippen molar-refractivity contribution >= 4 is 11.6 Å². The van der Waals surface area contributed by atoms with Gasteiger partial charge in [-0.3, -0.25) is 4.79 Å². The Balaban J connectivity index is 1.89. The van der Waals surface area contributed by atoms with Crippen LogP contribution in [0.25, 0.3) is 5.65 Å². The summed E-state index contributed by atoms with van der Waals surface area (Å²) in [6.07, 6.45) is 0. The molecule has 1 N–H and O–H groups in total. The fourth-order valence-electron chi connectivity index (χ4n) is 2.70. The number of nitrogens with zero attached hydrogens (tertiary/aromatic N) is 3. The number of fused-ring (bicyclic) bond motifs is 1. The molecule has 2 heterocycles. The number of amides is 1. The molecule has 5 nitrogen and oxygen atoms in total. The summed E-state index contributed by atoms with van der Waals surface area (Å²) >= 11 is 0. The van der Waals surface area contributed by atoms with Crippen molar-refractivity contribution < 1.29 is 4.79 Å². The van der Waals surface area contributed by atoms with Crippen LogP contribution in [-0.2, 0) is 5.41 Å². The van der Waals surface area contributed by atoms with Crippen molar-refractivity contribution in [3.63, 3.8) is 0 Å². The first-order valence-electron chi connectivity index (χ1n) is 8.49. The number of nitrogens with one attached hydrogen (secondary N) is 1.